The van der Waals surface area contributed by atoms with Crippen LogP contribution in [-0.2, 0) is 16.1 Å². The Balaban J connectivity index is 1.50. The predicted octanol–water partition coefficient (Wildman–Crippen LogP) is 3.91. The van der Waals surface area contributed by atoms with E-state index in [0.717, 1.165) is 5.56 Å². The maximum atomic E-state index is 12.9. The Morgan fingerprint density at radius 1 is 1.16 bits per heavy atom. The van der Waals surface area contributed by atoms with Crippen LogP contribution in [0.2, 0.25) is 0 Å². The lowest BCUT2D eigenvalue weighted by Crippen LogP contribution is -2.14. The van der Waals surface area contributed by atoms with E-state index in [4.69, 9.17) is 14.0 Å². The number of rotatable bonds is 6. The summed E-state index contributed by atoms with van der Waals surface area (Å²) in [5.74, 6) is 0.248. The number of carbonyl (C=O) groups is 1. The molecule has 0 bridgehead atoms. The van der Waals surface area contributed by atoms with Gasteiger partial charge in [0.1, 0.15) is 23.9 Å². The van der Waals surface area contributed by atoms with Gasteiger partial charge in [0.05, 0.1) is 0 Å². The van der Waals surface area contributed by atoms with E-state index in [1.165, 1.54) is 12.1 Å². The zero-order chi connectivity index (χ0) is 17.6. The van der Waals surface area contributed by atoms with Gasteiger partial charge in [0.2, 0.25) is 0 Å². The van der Waals surface area contributed by atoms with Crippen LogP contribution in [0.25, 0.3) is 11.3 Å². The zero-order valence-electron chi connectivity index (χ0n) is 13.6. The number of aryl methyl sites for hydroxylation is 1. The van der Waals surface area contributed by atoms with Crippen molar-refractivity contribution in [2.45, 2.75) is 13.5 Å². The lowest BCUT2D eigenvalue weighted by molar-refractivity contribution is -0.147. The van der Waals surface area contributed by atoms with Crippen LogP contribution < -0.4 is 4.74 Å². The normalized spacial score (nSPS) is 10.5. The number of halogens is 1. The van der Waals surface area contributed by atoms with E-state index in [1.54, 1.807) is 24.3 Å². The van der Waals surface area contributed by atoms with Crippen molar-refractivity contribution in [1.82, 2.24) is 5.16 Å². The van der Waals surface area contributed by atoms with Crippen LogP contribution >= 0.6 is 0 Å². The van der Waals surface area contributed by atoms with Crippen LogP contribution in [0.4, 0.5) is 4.39 Å². The van der Waals surface area contributed by atoms with E-state index >= 15 is 0 Å². The standard InChI is InChI=1S/C19H16FNO4/c1-13-3-2-4-17(9-13)23-12-19(22)24-11-16-10-18(25-21-16)14-5-7-15(20)8-6-14/h2-10H,11-12H2,1H3. The van der Waals surface area contributed by atoms with Crippen LogP contribution in [-0.4, -0.2) is 17.7 Å². The average Bonchev–Trinajstić information content (AvgIpc) is 3.08. The quantitative estimate of drug-likeness (QED) is 0.636. The molecule has 2 aromatic carbocycles. The molecule has 3 rings (SSSR count). The number of carbonyl (C=O) groups excluding carboxylic acids is 1. The molecule has 0 saturated heterocycles. The molecule has 0 saturated carbocycles. The fraction of sp³-hybridized carbons (Fsp3) is 0.158. The minimum Gasteiger partial charge on any atom is -0.482 e. The molecule has 0 N–H and O–H groups in total. The molecule has 1 aromatic heterocycles. The predicted molar refractivity (Wildman–Crippen MR) is 88.4 cm³/mol. The third-order valence-electron chi connectivity index (χ3n) is 3.41. The first-order valence-corrected chi connectivity index (χ1v) is 7.67. The summed E-state index contributed by atoms with van der Waals surface area (Å²) in [6, 6.07) is 14.9. The summed E-state index contributed by atoms with van der Waals surface area (Å²) in [4.78, 5) is 11.7. The van der Waals surface area contributed by atoms with Crippen molar-refractivity contribution in [3.8, 4) is 17.1 Å². The van der Waals surface area contributed by atoms with E-state index in [1.807, 2.05) is 25.1 Å². The van der Waals surface area contributed by atoms with E-state index in [-0.39, 0.29) is 19.0 Å². The number of esters is 1. The molecule has 128 valence electrons. The molecule has 25 heavy (non-hydrogen) atoms. The average molecular weight is 341 g/mol. The summed E-state index contributed by atoms with van der Waals surface area (Å²) in [5, 5.41) is 3.83. The van der Waals surface area contributed by atoms with Crippen molar-refractivity contribution < 1.29 is 23.2 Å². The van der Waals surface area contributed by atoms with Gasteiger partial charge in [-0.15, -0.1) is 0 Å². The molecule has 0 spiro atoms. The van der Waals surface area contributed by atoms with Crippen molar-refractivity contribution >= 4 is 5.97 Å². The molecule has 0 atom stereocenters. The van der Waals surface area contributed by atoms with Gasteiger partial charge in [0.25, 0.3) is 0 Å². The summed E-state index contributed by atoms with van der Waals surface area (Å²) in [5.41, 5.74) is 2.19. The summed E-state index contributed by atoms with van der Waals surface area (Å²) >= 11 is 0. The van der Waals surface area contributed by atoms with Gasteiger partial charge in [0.15, 0.2) is 12.4 Å². The van der Waals surface area contributed by atoms with Gasteiger partial charge in [-0.1, -0.05) is 17.3 Å². The van der Waals surface area contributed by atoms with Gasteiger partial charge < -0.3 is 14.0 Å². The van der Waals surface area contributed by atoms with E-state index in [0.29, 0.717) is 22.8 Å². The number of hydrogen-bond donors (Lipinski definition) is 0. The van der Waals surface area contributed by atoms with E-state index < -0.39 is 5.97 Å². The van der Waals surface area contributed by atoms with Crippen LogP contribution in [0.3, 0.4) is 0 Å². The topological polar surface area (TPSA) is 61.6 Å². The van der Waals surface area contributed by atoms with E-state index in [9.17, 15) is 9.18 Å². The Hall–Kier alpha value is -3.15. The van der Waals surface area contributed by atoms with Gasteiger partial charge >= 0.3 is 5.97 Å². The monoisotopic (exact) mass is 341 g/mol. The second-order valence-corrected chi connectivity index (χ2v) is 5.46. The summed E-state index contributed by atoms with van der Waals surface area (Å²) in [6.45, 7) is 1.72. The molecule has 0 radical (unpaired) electrons. The second kappa shape index (κ2) is 7.61. The Morgan fingerprint density at radius 2 is 1.96 bits per heavy atom. The highest BCUT2D eigenvalue weighted by atomic mass is 19.1. The number of ether oxygens (including phenoxy) is 2. The minimum atomic E-state index is -0.507. The molecular formula is C19H16FNO4. The molecule has 1 heterocycles. The number of nitrogens with zero attached hydrogens (tertiary/aromatic N) is 1. The van der Waals surface area contributed by atoms with Gasteiger partial charge in [-0.3, -0.25) is 0 Å². The smallest absolute Gasteiger partial charge is 0.344 e. The fourth-order valence-corrected chi connectivity index (χ4v) is 2.17. The maximum absolute atomic E-state index is 12.9. The Morgan fingerprint density at radius 3 is 2.72 bits per heavy atom. The second-order valence-electron chi connectivity index (χ2n) is 5.46. The van der Waals surface area contributed by atoms with Gasteiger partial charge in [0, 0.05) is 11.6 Å². The van der Waals surface area contributed by atoms with Gasteiger partial charge in [-0.05, 0) is 48.9 Å². The molecule has 0 amide bonds. The highest BCUT2D eigenvalue weighted by molar-refractivity contribution is 5.71. The van der Waals surface area contributed by atoms with Crippen molar-refractivity contribution in [3.63, 3.8) is 0 Å². The Labute approximate surface area is 144 Å². The first-order valence-electron chi connectivity index (χ1n) is 7.67. The van der Waals surface area contributed by atoms with Crippen molar-refractivity contribution in [2.75, 3.05) is 6.61 Å². The molecule has 3 aromatic rings. The van der Waals surface area contributed by atoms with E-state index in [2.05, 4.69) is 5.16 Å². The van der Waals surface area contributed by atoms with Crippen LogP contribution in [0.5, 0.6) is 5.75 Å². The molecule has 6 heteroatoms. The van der Waals surface area contributed by atoms with Crippen LogP contribution in [0, 0.1) is 12.7 Å². The van der Waals surface area contributed by atoms with Crippen molar-refractivity contribution in [1.29, 1.82) is 0 Å². The summed E-state index contributed by atoms with van der Waals surface area (Å²) in [7, 11) is 0. The minimum absolute atomic E-state index is 0.0271. The highest BCUT2D eigenvalue weighted by Gasteiger charge is 2.10. The Kier molecular flexibility index (Phi) is 5.09. The molecule has 0 fully saturated rings. The van der Waals surface area contributed by atoms with Crippen LogP contribution in [0.1, 0.15) is 11.3 Å². The number of hydrogen-bond acceptors (Lipinski definition) is 5. The highest BCUT2D eigenvalue weighted by Crippen LogP contribution is 2.21. The molecule has 5 nitrogen and oxygen atoms in total. The lowest BCUT2D eigenvalue weighted by atomic mass is 10.1. The molecule has 0 aliphatic heterocycles. The van der Waals surface area contributed by atoms with Crippen molar-refractivity contribution in [3.05, 3.63) is 71.7 Å². The SMILES string of the molecule is Cc1cccc(OCC(=O)OCc2cc(-c3ccc(F)cc3)on2)c1. The molecular weight excluding hydrogens is 325 g/mol. The summed E-state index contributed by atoms with van der Waals surface area (Å²) < 4.78 is 28.6. The largest absolute Gasteiger partial charge is 0.482 e. The third-order valence-corrected chi connectivity index (χ3v) is 3.41. The maximum Gasteiger partial charge on any atom is 0.344 e. The van der Waals surface area contributed by atoms with Crippen molar-refractivity contribution in [2.24, 2.45) is 0 Å². The number of benzene rings is 2. The molecule has 0 aliphatic rings. The molecule has 0 aliphatic carbocycles. The summed E-state index contributed by atoms with van der Waals surface area (Å²) in [6.07, 6.45) is 0. The third kappa shape index (κ3) is 4.67. The van der Waals surface area contributed by atoms with Crippen LogP contribution in [0.15, 0.2) is 59.1 Å². The number of aromatic nitrogens is 1. The fourth-order valence-electron chi connectivity index (χ4n) is 2.17. The first-order chi connectivity index (χ1) is 12.1. The van der Waals surface area contributed by atoms with Gasteiger partial charge in [-0.25, -0.2) is 9.18 Å². The lowest BCUT2D eigenvalue weighted by Gasteiger charge is -2.06. The molecule has 0 unspecified atom stereocenters. The zero-order valence-corrected chi connectivity index (χ0v) is 13.6. The van der Waals surface area contributed by atoms with Gasteiger partial charge in [-0.2, -0.15) is 0 Å². The first kappa shape index (κ1) is 16.7. The Bertz CT molecular complexity index is 858.